The van der Waals surface area contributed by atoms with Gasteiger partial charge in [-0.05, 0) is 25.0 Å². The van der Waals surface area contributed by atoms with Gasteiger partial charge in [0.15, 0.2) is 0 Å². The Morgan fingerprint density at radius 2 is 1.10 bits per heavy atom. The van der Waals surface area contributed by atoms with Crippen LogP contribution in [0.3, 0.4) is 0 Å². The molecule has 0 fully saturated rings. The first-order valence-electron chi connectivity index (χ1n) is 9.41. The maximum absolute atomic E-state index is 11.9. The normalized spacial score (nSPS) is 11.8. The lowest BCUT2D eigenvalue weighted by molar-refractivity contribution is -0.121. The molecule has 2 rings (SSSR count). The predicted molar refractivity (Wildman–Crippen MR) is 120 cm³/mol. The first-order chi connectivity index (χ1) is 14.1. The van der Waals surface area contributed by atoms with E-state index in [0.717, 1.165) is 22.6 Å². The molecule has 152 valence electrons. The number of hydrogen-bond acceptors (Lipinski definition) is 5. The van der Waals surface area contributed by atoms with E-state index >= 15 is 0 Å². The second-order valence-corrected chi connectivity index (χ2v) is 7.53. The molecule has 2 amide bonds. The zero-order valence-corrected chi connectivity index (χ0v) is 17.5. The van der Waals surface area contributed by atoms with E-state index in [-0.39, 0.29) is 11.8 Å². The lowest BCUT2D eigenvalue weighted by atomic mass is 10.1. The first-order valence-corrected chi connectivity index (χ1v) is 10.6. The quantitative estimate of drug-likeness (QED) is 0.357. The summed E-state index contributed by atoms with van der Waals surface area (Å²) < 4.78 is 0. The molecule has 0 bridgehead atoms. The molecule has 29 heavy (non-hydrogen) atoms. The molecule has 2 aromatic carbocycles. The number of rotatable bonds is 10. The fourth-order valence-electron chi connectivity index (χ4n) is 2.32. The molecule has 0 atom stereocenters. The Kier molecular flexibility index (Phi) is 9.65. The summed E-state index contributed by atoms with van der Waals surface area (Å²) in [6.07, 6.45) is 0.701. The Labute approximate surface area is 175 Å². The second kappa shape index (κ2) is 12.5. The van der Waals surface area contributed by atoms with Crippen LogP contribution in [0.25, 0.3) is 0 Å². The van der Waals surface area contributed by atoms with E-state index in [4.69, 9.17) is 0 Å². The van der Waals surface area contributed by atoms with Gasteiger partial charge >= 0.3 is 0 Å². The number of nitrogens with zero attached hydrogens (tertiary/aromatic N) is 2. The third-order valence-electron chi connectivity index (χ3n) is 4.03. The van der Waals surface area contributed by atoms with Crippen LogP contribution in [0.4, 0.5) is 0 Å². The molecule has 2 N–H and O–H groups in total. The van der Waals surface area contributed by atoms with Gasteiger partial charge in [0.25, 0.3) is 0 Å². The maximum Gasteiger partial charge on any atom is 0.240 e. The van der Waals surface area contributed by atoms with E-state index in [1.54, 1.807) is 11.8 Å². The van der Waals surface area contributed by atoms with Gasteiger partial charge in [0, 0.05) is 24.3 Å². The molecule has 0 aliphatic heterocycles. The van der Waals surface area contributed by atoms with E-state index in [1.165, 1.54) is 0 Å². The summed E-state index contributed by atoms with van der Waals surface area (Å²) in [5, 5.41) is 8.23. The molecular formula is C22H26N4O2S. The average Bonchev–Trinajstić information content (AvgIpc) is 2.76. The van der Waals surface area contributed by atoms with Crippen molar-refractivity contribution in [2.24, 2.45) is 10.2 Å². The smallest absolute Gasteiger partial charge is 0.240 e. The van der Waals surface area contributed by atoms with Crippen LogP contribution < -0.4 is 10.9 Å². The number of hydrogen-bond donors (Lipinski definition) is 2. The summed E-state index contributed by atoms with van der Waals surface area (Å²) in [4.78, 5) is 23.7. The fraction of sp³-hybridized carbons (Fsp3) is 0.273. The highest BCUT2D eigenvalue weighted by Crippen LogP contribution is 2.05. The molecule has 0 saturated heterocycles. The summed E-state index contributed by atoms with van der Waals surface area (Å²) in [6.45, 7) is 3.70. The van der Waals surface area contributed by atoms with Crippen molar-refractivity contribution in [2.45, 2.75) is 26.7 Å². The third kappa shape index (κ3) is 8.74. The monoisotopic (exact) mass is 410 g/mol. The average molecular weight is 411 g/mol. The van der Waals surface area contributed by atoms with Crippen LogP contribution in [0, 0.1) is 0 Å². The zero-order valence-electron chi connectivity index (χ0n) is 16.7. The Hall–Kier alpha value is -2.93. The van der Waals surface area contributed by atoms with Crippen molar-refractivity contribution in [1.82, 2.24) is 10.9 Å². The van der Waals surface area contributed by atoms with Gasteiger partial charge in [0.2, 0.25) is 11.8 Å². The molecule has 0 aromatic heterocycles. The minimum absolute atomic E-state index is 0.139. The summed E-state index contributed by atoms with van der Waals surface area (Å²) in [5.41, 5.74) is 8.59. The first kappa shape index (κ1) is 22.4. The molecule has 0 radical (unpaired) electrons. The highest BCUT2D eigenvalue weighted by molar-refractivity contribution is 7.99. The van der Waals surface area contributed by atoms with Gasteiger partial charge < -0.3 is 0 Å². The van der Waals surface area contributed by atoms with Gasteiger partial charge in [0.05, 0.1) is 11.4 Å². The number of carbonyl (C=O) groups is 2. The molecule has 0 aliphatic rings. The summed E-state index contributed by atoms with van der Waals surface area (Å²) in [6, 6.07) is 19.3. The van der Waals surface area contributed by atoms with Crippen LogP contribution >= 0.6 is 11.8 Å². The van der Waals surface area contributed by atoms with Gasteiger partial charge in [-0.3, -0.25) is 9.59 Å². The van der Waals surface area contributed by atoms with Crippen molar-refractivity contribution in [1.29, 1.82) is 0 Å². The van der Waals surface area contributed by atoms with Crippen LogP contribution in [0.5, 0.6) is 0 Å². The van der Waals surface area contributed by atoms with Crippen molar-refractivity contribution in [3.8, 4) is 0 Å². The van der Waals surface area contributed by atoms with Crippen LogP contribution in [-0.2, 0) is 9.59 Å². The minimum Gasteiger partial charge on any atom is -0.273 e. The van der Waals surface area contributed by atoms with E-state index in [9.17, 15) is 9.59 Å². The van der Waals surface area contributed by atoms with E-state index in [0.29, 0.717) is 24.3 Å². The largest absolute Gasteiger partial charge is 0.273 e. The van der Waals surface area contributed by atoms with Crippen molar-refractivity contribution in [3.63, 3.8) is 0 Å². The van der Waals surface area contributed by atoms with E-state index in [2.05, 4.69) is 21.1 Å². The molecule has 0 unspecified atom stereocenters. The van der Waals surface area contributed by atoms with Gasteiger partial charge in [-0.1, -0.05) is 60.7 Å². The number of thioether (sulfide) groups is 1. The second-order valence-electron chi connectivity index (χ2n) is 6.31. The van der Waals surface area contributed by atoms with Gasteiger partial charge in [-0.25, -0.2) is 10.9 Å². The molecule has 7 heteroatoms. The summed E-state index contributed by atoms with van der Waals surface area (Å²) >= 11 is 1.55. The molecule has 0 saturated carbocycles. The van der Waals surface area contributed by atoms with Crippen LogP contribution in [0.1, 0.15) is 37.8 Å². The summed E-state index contributed by atoms with van der Waals surface area (Å²) in [5.74, 6) is 0.983. The zero-order chi connectivity index (χ0) is 20.9. The number of hydrazone groups is 2. The van der Waals surface area contributed by atoms with Crippen molar-refractivity contribution >= 4 is 35.0 Å². The Morgan fingerprint density at radius 3 is 1.48 bits per heavy atom. The number of amides is 2. The molecule has 2 aromatic rings. The van der Waals surface area contributed by atoms with Crippen LogP contribution in [0.2, 0.25) is 0 Å². The van der Waals surface area contributed by atoms with Crippen molar-refractivity contribution < 1.29 is 9.59 Å². The predicted octanol–water partition coefficient (Wildman–Crippen LogP) is 3.58. The topological polar surface area (TPSA) is 82.9 Å². The molecule has 0 aliphatic carbocycles. The molecule has 0 heterocycles. The molecule has 6 nitrogen and oxygen atoms in total. The van der Waals surface area contributed by atoms with Crippen LogP contribution in [0.15, 0.2) is 70.9 Å². The highest BCUT2D eigenvalue weighted by atomic mass is 32.2. The maximum atomic E-state index is 11.9. The number of benzene rings is 2. The Morgan fingerprint density at radius 1 is 0.724 bits per heavy atom. The van der Waals surface area contributed by atoms with Crippen molar-refractivity contribution in [3.05, 3.63) is 71.8 Å². The minimum atomic E-state index is -0.139. The van der Waals surface area contributed by atoms with E-state index < -0.39 is 0 Å². The van der Waals surface area contributed by atoms with Gasteiger partial charge in [-0.15, -0.1) is 0 Å². The summed E-state index contributed by atoms with van der Waals surface area (Å²) in [7, 11) is 0. The van der Waals surface area contributed by atoms with E-state index in [1.807, 2.05) is 74.5 Å². The van der Waals surface area contributed by atoms with Gasteiger partial charge in [0.1, 0.15) is 0 Å². The van der Waals surface area contributed by atoms with Crippen molar-refractivity contribution in [2.75, 3.05) is 11.5 Å². The third-order valence-corrected chi connectivity index (χ3v) is 5.01. The number of carbonyl (C=O) groups excluding carboxylic acids is 2. The lowest BCUT2D eigenvalue weighted by Crippen LogP contribution is -2.20. The Bertz CT molecular complexity index is 780. The Balaban J connectivity index is 1.59. The molecule has 0 spiro atoms. The van der Waals surface area contributed by atoms with Gasteiger partial charge in [-0.2, -0.15) is 22.0 Å². The van der Waals surface area contributed by atoms with Crippen LogP contribution in [-0.4, -0.2) is 34.7 Å². The standard InChI is InChI=1S/C22H26N4O2S/c1-17(19-9-5-3-6-10-19)23-25-21(27)13-15-29-16-14-22(28)26-24-18(2)20-11-7-4-8-12-20/h3-12H,13-16H2,1-2H3,(H,25,27)(H,26,28)/b23-17+,24-18?. The lowest BCUT2D eigenvalue weighted by Gasteiger charge is -2.04. The fourth-order valence-corrected chi connectivity index (χ4v) is 3.19. The highest BCUT2D eigenvalue weighted by Gasteiger charge is 2.04. The SMILES string of the molecule is CC(=NNC(=O)CCSCCC(=O)N/N=C(\C)c1ccccc1)c1ccccc1. The molecular weight excluding hydrogens is 384 g/mol. The number of nitrogens with one attached hydrogen (secondary N) is 2.